The average Bonchev–Trinajstić information content (AvgIpc) is 2.97. The van der Waals surface area contributed by atoms with E-state index >= 15 is 0 Å². The summed E-state index contributed by atoms with van der Waals surface area (Å²) in [7, 11) is 1.58. The Balaban J connectivity index is 1.85. The van der Waals surface area contributed by atoms with Gasteiger partial charge in [-0.3, -0.25) is 9.59 Å². The van der Waals surface area contributed by atoms with Gasteiger partial charge in [-0.25, -0.2) is 4.98 Å². The molecule has 7 heteroatoms. The molecule has 0 atom stereocenters. The summed E-state index contributed by atoms with van der Waals surface area (Å²) in [4.78, 5) is 28.0. The smallest absolute Gasteiger partial charge is 0.255 e. The van der Waals surface area contributed by atoms with Crippen LogP contribution in [0.5, 0.6) is 5.75 Å². The molecule has 1 heterocycles. The first-order valence-electron chi connectivity index (χ1n) is 7.60. The van der Waals surface area contributed by atoms with Crippen LogP contribution in [0.3, 0.4) is 0 Å². The van der Waals surface area contributed by atoms with E-state index in [9.17, 15) is 9.59 Å². The molecule has 3 aromatic rings. The average molecular weight is 355 g/mol. The van der Waals surface area contributed by atoms with E-state index in [-0.39, 0.29) is 11.8 Å². The number of amides is 2. The van der Waals surface area contributed by atoms with E-state index in [0.29, 0.717) is 22.1 Å². The van der Waals surface area contributed by atoms with Crippen LogP contribution in [-0.2, 0) is 4.79 Å². The van der Waals surface area contributed by atoms with Crippen molar-refractivity contribution in [2.75, 3.05) is 17.7 Å². The number of nitrogens with zero attached hydrogens (tertiary/aromatic N) is 1. The minimum atomic E-state index is -0.201. The number of rotatable bonds is 4. The quantitative estimate of drug-likeness (QED) is 0.745. The molecule has 1 aromatic heterocycles. The zero-order chi connectivity index (χ0) is 18.0. The topological polar surface area (TPSA) is 80.3 Å². The number of benzene rings is 2. The number of aryl methyl sites for hydroxylation is 1. The van der Waals surface area contributed by atoms with Gasteiger partial charge in [-0.2, -0.15) is 0 Å². The fraction of sp³-hybridized carbons (Fsp3) is 0.167. The Morgan fingerprint density at radius 3 is 2.48 bits per heavy atom. The first-order chi connectivity index (χ1) is 12.0. The first-order valence-corrected chi connectivity index (χ1v) is 8.42. The van der Waals surface area contributed by atoms with Crippen LogP contribution in [0, 0.1) is 6.92 Å². The molecule has 0 unspecified atom stereocenters. The second-order valence-electron chi connectivity index (χ2n) is 5.52. The number of anilines is 2. The fourth-order valence-corrected chi connectivity index (χ4v) is 3.45. The molecule has 0 saturated carbocycles. The highest BCUT2D eigenvalue weighted by Gasteiger charge is 2.11. The lowest BCUT2D eigenvalue weighted by Crippen LogP contribution is -2.11. The van der Waals surface area contributed by atoms with Gasteiger partial charge in [-0.15, -0.1) is 0 Å². The van der Waals surface area contributed by atoms with Crippen molar-refractivity contribution in [1.29, 1.82) is 0 Å². The van der Waals surface area contributed by atoms with Crippen LogP contribution in [0.2, 0.25) is 0 Å². The van der Waals surface area contributed by atoms with Crippen molar-refractivity contribution in [3.8, 4) is 5.75 Å². The van der Waals surface area contributed by atoms with Gasteiger partial charge in [0.05, 0.1) is 17.3 Å². The van der Waals surface area contributed by atoms with Gasteiger partial charge in [0.25, 0.3) is 5.91 Å². The van der Waals surface area contributed by atoms with E-state index in [2.05, 4.69) is 15.6 Å². The Morgan fingerprint density at radius 1 is 1.12 bits per heavy atom. The third-order valence-corrected chi connectivity index (χ3v) is 4.50. The van der Waals surface area contributed by atoms with Crippen LogP contribution in [0.25, 0.3) is 10.2 Å². The second-order valence-corrected chi connectivity index (χ2v) is 6.55. The largest absolute Gasteiger partial charge is 0.497 e. The summed E-state index contributed by atoms with van der Waals surface area (Å²) in [5.41, 5.74) is 2.97. The number of aromatic nitrogens is 1. The van der Waals surface area contributed by atoms with E-state index in [4.69, 9.17) is 4.74 Å². The molecule has 0 fully saturated rings. The van der Waals surface area contributed by atoms with Crippen molar-refractivity contribution in [3.05, 3.63) is 47.5 Å². The molecule has 25 heavy (non-hydrogen) atoms. The highest BCUT2D eigenvalue weighted by molar-refractivity contribution is 7.22. The van der Waals surface area contributed by atoms with Crippen LogP contribution >= 0.6 is 11.3 Å². The number of fused-ring (bicyclic) bond motifs is 1. The second kappa shape index (κ2) is 6.90. The number of carbonyl (C=O) groups is 2. The predicted molar refractivity (Wildman–Crippen MR) is 99.6 cm³/mol. The molecule has 128 valence electrons. The monoisotopic (exact) mass is 355 g/mol. The molecule has 0 aliphatic heterocycles. The van der Waals surface area contributed by atoms with Gasteiger partial charge in [0, 0.05) is 18.2 Å². The zero-order valence-electron chi connectivity index (χ0n) is 14.0. The van der Waals surface area contributed by atoms with Gasteiger partial charge in [0.2, 0.25) is 5.91 Å². The molecular weight excluding hydrogens is 338 g/mol. The summed E-state index contributed by atoms with van der Waals surface area (Å²) in [5.74, 6) is 0.335. The minimum absolute atomic E-state index is 0.162. The third-order valence-electron chi connectivity index (χ3n) is 3.58. The van der Waals surface area contributed by atoms with Crippen molar-refractivity contribution in [2.24, 2.45) is 0 Å². The van der Waals surface area contributed by atoms with Gasteiger partial charge in [0.1, 0.15) is 5.75 Å². The van der Waals surface area contributed by atoms with Crippen molar-refractivity contribution in [3.63, 3.8) is 0 Å². The highest BCUT2D eigenvalue weighted by atomic mass is 32.1. The lowest BCUT2D eigenvalue weighted by molar-refractivity contribution is -0.114. The molecule has 0 bridgehead atoms. The number of thiazole rings is 1. The van der Waals surface area contributed by atoms with Crippen molar-refractivity contribution < 1.29 is 14.3 Å². The molecule has 0 aliphatic carbocycles. The van der Waals surface area contributed by atoms with Gasteiger partial charge >= 0.3 is 0 Å². The highest BCUT2D eigenvalue weighted by Crippen LogP contribution is 2.31. The lowest BCUT2D eigenvalue weighted by atomic mass is 10.1. The Labute approximate surface area is 148 Å². The molecule has 0 spiro atoms. The Kier molecular flexibility index (Phi) is 4.67. The van der Waals surface area contributed by atoms with E-state index in [1.807, 2.05) is 19.1 Å². The zero-order valence-corrected chi connectivity index (χ0v) is 14.9. The fourth-order valence-electron chi connectivity index (χ4n) is 2.42. The summed E-state index contributed by atoms with van der Waals surface area (Å²) >= 11 is 1.37. The molecule has 6 nitrogen and oxygen atoms in total. The molecule has 3 rings (SSSR count). The Bertz CT molecular complexity index is 948. The number of methoxy groups -OCH3 is 1. The summed E-state index contributed by atoms with van der Waals surface area (Å²) in [6.45, 7) is 3.36. The third kappa shape index (κ3) is 3.77. The normalized spacial score (nSPS) is 10.5. The van der Waals surface area contributed by atoms with Crippen molar-refractivity contribution in [1.82, 2.24) is 4.98 Å². The molecular formula is C18H17N3O3S. The van der Waals surface area contributed by atoms with E-state index < -0.39 is 0 Å². The molecule has 0 aliphatic rings. The minimum Gasteiger partial charge on any atom is -0.497 e. The van der Waals surface area contributed by atoms with Gasteiger partial charge in [0.15, 0.2) is 5.13 Å². The number of ether oxygens (including phenoxy) is 1. The number of carbonyl (C=O) groups excluding carboxylic acids is 2. The van der Waals surface area contributed by atoms with Gasteiger partial charge in [-0.1, -0.05) is 11.3 Å². The Morgan fingerprint density at radius 2 is 1.84 bits per heavy atom. The molecule has 2 aromatic carbocycles. The summed E-state index contributed by atoms with van der Waals surface area (Å²) in [5, 5.41) is 6.12. The molecule has 2 amide bonds. The number of nitrogens with one attached hydrogen (secondary N) is 2. The Hall–Kier alpha value is -2.93. The standard InChI is InChI=1S/C18H17N3O3S/c1-10-8-13(9-15-16(10)21-18(25-15)19-11(2)22)20-17(23)12-4-6-14(24-3)7-5-12/h4-9H,1-3H3,(H,20,23)(H,19,21,22). The number of hydrogen-bond donors (Lipinski definition) is 2. The van der Waals surface area contributed by atoms with E-state index in [1.54, 1.807) is 31.4 Å². The summed E-state index contributed by atoms with van der Waals surface area (Å²) in [6.07, 6.45) is 0. The van der Waals surface area contributed by atoms with Gasteiger partial charge < -0.3 is 15.4 Å². The van der Waals surface area contributed by atoms with Crippen LogP contribution in [-0.4, -0.2) is 23.9 Å². The van der Waals surface area contributed by atoms with E-state index in [0.717, 1.165) is 15.8 Å². The van der Waals surface area contributed by atoms with E-state index in [1.165, 1.54) is 18.3 Å². The van der Waals surface area contributed by atoms with Crippen LogP contribution in [0.15, 0.2) is 36.4 Å². The maximum absolute atomic E-state index is 12.4. The van der Waals surface area contributed by atoms with Crippen molar-refractivity contribution >= 4 is 44.2 Å². The maximum atomic E-state index is 12.4. The van der Waals surface area contributed by atoms with Crippen LogP contribution in [0.1, 0.15) is 22.8 Å². The lowest BCUT2D eigenvalue weighted by Gasteiger charge is -2.07. The predicted octanol–water partition coefficient (Wildman–Crippen LogP) is 3.82. The van der Waals surface area contributed by atoms with Gasteiger partial charge in [-0.05, 0) is 48.9 Å². The van der Waals surface area contributed by atoms with Crippen LogP contribution < -0.4 is 15.4 Å². The summed E-state index contributed by atoms with van der Waals surface area (Å²) in [6, 6.07) is 10.6. The number of hydrogen-bond acceptors (Lipinski definition) is 5. The SMILES string of the molecule is COc1ccc(C(=O)Nc2cc(C)c3nc(NC(C)=O)sc3c2)cc1. The molecule has 0 radical (unpaired) electrons. The molecule has 2 N–H and O–H groups in total. The van der Waals surface area contributed by atoms with Crippen molar-refractivity contribution in [2.45, 2.75) is 13.8 Å². The maximum Gasteiger partial charge on any atom is 0.255 e. The van der Waals surface area contributed by atoms with Crippen LogP contribution in [0.4, 0.5) is 10.8 Å². The molecule has 0 saturated heterocycles. The summed E-state index contributed by atoms with van der Waals surface area (Å²) < 4.78 is 5.99. The first kappa shape index (κ1) is 16.9.